The summed E-state index contributed by atoms with van der Waals surface area (Å²) in [5.41, 5.74) is 2.65. The Morgan fingerprint density at radius 1 is 1.04 bits per heavy atom. The Labute approximate surface area is 165 Å². The van der Waals surface area contributed by atoms with E-state index in [0.717, 1.165) is 36.2 Å². The summed E-state index contributed by atoms with van der Waals surface area (Å²) in [6.45, 7) is 2.31. The monoisotopic (exact) mass is 372 g/mol. The normalized spacial score (nSPS) is 25.9. The largest absolute Gasteiger partial charge is 0.494 e. The van der Waals surface area contributed by atoms with Gasteiger partial charge in [0.1, 0.15) is 0 Å². The van der Waals surface area contributed by atoms with E-state index in [9.17, 15) is 4.39 Å². The number of methoxy groups -OCH3 is 1. The lowest BCUT2D eigenvalue weighted by molar-refractivity contribution is 0.185. The summed E-state index contributed by atoms with van der Waals surface area (Å²) < 4.78 is 18.8. The summed E-state index contributed by atoms with van der Waals surface area (Å²) in [6.07, 6.45) is 18.5. The molecular formula is C25H37FO. The van der Waals surface area contributed by atoms with Crippen molar-refractivity contribution in [2.45, 2.75) is 84.0 Å². The van der Waals surface area contributed by atoms with Crippen LogP contribution in [0.1, 0.15) is 83.1 Å². The highest BCUT2D eigenvalue weighted by atomic mass is 19.1. The number of unbranched alkanes of at least 4 members (excludes halogenated alkanes) is 1. The SMILES string of the molecule is CCCCC1CCC(C2CC=C(CCc3ccc(OC)c(F)c3)CC2)CC1. The highest BCUT2D eigenvalue weighted by molar-refractivity contribution is 5.29. The van der Waals surface area contributed by atoms with Crippen LogP contribution in [0, 0.1) is 23.6 Å². The second kappa shape index (κ2) is 10.3. The van der Waals surface area contributed by atoms with Gasteiger partial charge in [-0.05, 0) is 80.4 Å². The van der Waals surface area contributed by atoms with E-state index in [1.54, 1.807) is 17.7 Å². The van der Waals surface area contributed by atoms with Gasteiger partial charge in [0.25, 0.3) is 0 Å². The predicted molar refractivity (Wildman–Crippen MR) is 112 cm³/mol. The molecular weight excluding hydrogens is 335 g/mol. The van der Waals surface area contributed by atoms with Crippen LogP contribution in [0.3, 0.4) is 0 Å². The van der Waals surface area contributed by atoms with E-state index in [0.29, 0.717) is 5.75 Å². The standard InChI is InChI=1S/C25H37FO/c1-3-4-5-19-8-13-22(14-9-19)23-15-10-20(11-16-23)6-7-21-12-17-25(27-2)24(26)18-21/h10,12,17-19,22-23H,3-9,11,13-16H2,1-2H3. The fraction of sp³-hybridized carbons (Fsp3) is 0.680. The zero-order valence-corrected chi connectivity index (χ0v) is 17.3. The van der Waals surface area contributed by atoms with Gasteiger partial charge in [0.2, 0.25) is 0 Å². The van der Waals surface area contributed by atoms with Crippen molar-refractivity contribution < 1.29 is 9.13 Å². The number of halogens is 1. The highest BCUT2D eigenvalue weighted by Crippen LogP contribution is 2.41. The van der Waals surface area contributed by atoms with Crippen LogP contribution >= 0.6 is 0 Å². The average molecular weight is 373 g/mol. The molecule has 0 heterocycles. The van der Waals surface area contributed by atoms with Gasteiger partial charge in [-0.15, -0.1) is 0 Å². The van der Waals surface area contributed by atoms with Crippen LogP contribution in [0.25, 0.3) is 0 Å². The maximum atomic E-state index is 13.8. The Morgan fingerprint density at radius 2 is 1.85 bits per heavy atom. The molecule has 2 heteroatoms. The summed E-state index contributed by atoms with van der Waals surface area (Å²) in [4.78, 5) is 0. The average Bonchev–Trinajstić information content (AvgIpc) is 2.71. The van der Waals surface area contributed by atoms with E-state index in [4.69, 9.17) is 4.74 Å². The lowest BCUT2D eigenvalue weighted by Crippen LogP contribution is -2.23. The second-order valence-corrected chi connectivity index (χ2v) is 8.79. The molecule has 3 rings (SSSR count). The predicted octanol–water partition coefficient (Wildman–Crippen LogP) is 7.49. The molecule has 0 aliphatic heterocycles. The molecule has 150 valence electrons. The third kappa shape index (κ3) is 5.83. The van der Waals surface area contributed by atoms with Gasteiger partial charge in [0.05, 0.1) is 7.11 Å². The third-order valence-corrected chi connectivity index (χ3v) is 7.02. The molecule has 1 atom stereocenters. The van der Waals surface area contributed by atoms with Gasteiger partial charge >= 0.3 is 0 Å². The first-order valence-electron chi connectivity index (χ1n) is 11.2. The summed E-state index contributed by atoms with van der Waals surface area (Å²) in [6, 6.07) is 5.36. The fourth-order valence-corrected chi connectivity index (χ4v) is 5.18. The number of aryl methyl sites for hydroxylation is 1. The molecule has 0 N–H and O–H groups in total. The zero-order chi connectivity index (χ0) is 19.1. The van der Waals surface area contributed by atoms with Crippen LogP contribution in [0.2, 0.25) is 0 Å². The van der Waals surface area contributed by atoms with E-state index in [-0.39, 0.29) is 5.82 Å². The molecule has 1 aromatic carbocycles. The molecule has 2 aliphatic carbocycles. The minimum absolute atomic E-state index is 0.248. The first-order valence-corrected chi connectivity index (χ1v) is 11.2. The van der Waals surface area contributed by atoms with Crippen LogP contribution in [-0.2, 0) is 6.42 Å². The molecule has 0 spiro atoms. The van der Waals surface area contributed by atoms with Crippen LogP contribution in [0.4, 0.5) is 4.39 Å². The Kier molecular flexibility index (Phi) is 7.79. The maximum absolute atomic E-state index is 13.8. The number of rotatable bonds is 8. The Bertz CT molecular complexity index is 613. The topological polar surface area (TPSA) is 9.23 Å². The van der Waals surface area contributed by atoms with Crippen molar-refractivity contribution >= 4 is 0 Å². The second-order valence-electron chi connectivity index (χ2n) is 8.79. The van der Waals surface area contributed by atoms with E-state index in [1.807, 2.05) is 6.07 Å². The van der Waals surface area contributed by atoms with Crippen molar-refractivity contribution in [1.82, 2.24) is 0 Å². The van der Waals surface area contributed by atoms with E-state index < -0.39 is 0 Å². The van der Waals surface area contributed by atoms with E-state index in [2.05, 4.69) is 13.0 Å². The molecule has 0 amide bonds. The van der Waals surface area contributed by atoms with Gasteiger partial charge in [0, 0.05) is 0 Å². The van der Waals surface area contributed by atoms with Crippen molar-refractivity contribution in [2.24, 2.45) is 17.8 Å². The molecule has 0 radical (unpaired) electrons. The van der Waals surface area contributed by atoms with Gasteiger partial charge in [-0.3, -0.25) is 0 Å². The van der Waals surface area contributed by atoms with E-state index >= 15 is 0 Å². The zero-order valence-electron chi connectivity index (χ0n) is 17.3. The minimum Gasteiger partial charge on any atom is -0.494 e. The van der Waals surface area contributed by atoms with Crippen molar-refractivity contribution in [1.29, 1.82) is 0 Å². The number of ether oxygens (including phenoxy) is 1. The van der Waals surface area contributed by atoms with Crippen LogP contribution < -0.4 is 4.74 Å². The van der Waals surface area contributed by atoms with Gasteiger partial charge < -0.3 is 4.74 Å². The van der Waals surface area contributed by atoms with Gasteiger partial charge in [-0.2, -0.15) is 0 Å². The molecule has 2 aliphatic rings. The first kappa shape index (κ1) is 20.4. The molecule has 1 nitrogen and oxygen atoms in total. The molecule has 0 saturated heterocycles. The number of hydrogen-bond acceptors (Lipinski definition) is 1. The molecule has 27 heavy (non-hydrogen) atoms. The van der Waals surface area contributed by atoms with E-state index in [1.165, 1.54) is 71.3 Å². The molecule has 1 unspecified atom stereocenters. The quantitative estimate of drug-likeness (QED) is 0.429. The summed E-state index contributed by atoms with van der Waals surface area (Å²) >= 11 is 0. The molecule has 1 saturated carbocycles. The van der Waals surface area contributed by atoms with Crippen LogP contribution in [0.5, 0.6) is 5.75 Å². The Balaban J connectivity index is 1.42. The van der Waals surface area contributed by atoms with Crippen molar-refractivity contribution in [3.8, 4) is 5.75 Å². The van der Waals surface area contributed by atoms with Gasteiger partial charge in [0.15, 0.2) is 11.6 Å². The lowest BCUT2D eigenvalue weighted by Gasteiger charge is -2.35. The number of hydrogen-bond donors (Lipinski definition) is 0. The van der Waals surface area contributed by atoms with Gasteiger partial charge in [-0.1, -0.05) is 56.7 Å². The molecule has 0 bridgehead atoms. The lowest BCUT2D eigenvalue weighted by atomic mass is 9.70. The van der Waals surface area contributed by atoms with Crippen LogP contribution in [0.15, 0.2) is 29.8 Å². The fourth-order valence-electron chi connectivity index (χ4n) is 5.18. The first-order chi connectivity index (χ1) is 13.2. The minimum atomic E-state index is -0.248. The molecule has 0 aromatic heterocycles. The van der Waals surface area contributed by atoms with Crippen molar-refractivity contribution in [3.05, 3.63) is 41.2 Å². The molecule has 1 fully saturated rings. The van der Waals surface area contributed by atoms with Crippen molar-refractivity contribution in [3.63, 3.8) is 0 Å². The Morgan fingerprint density at radius 3 is 2.48 bits per heavy atom. The van der Waals surface area contributed by atoms with Crippen LogP contribution in [-0.4, -0.2) is 7.11 Å². The summed E-state index contributed by atoms with van der Waals surface area (Å²) in [5, 5.41) is 0. The highest BCUT2D eigenvalue weighted by Gasteiger charge is 2.28. The third-order valence-electron chi connectivity index (χ3n) is 7.02. The van der Waals surface area contributed by atoms with Gasteiger partial charge in [-0.25, -0.2) is 4.39 Å². The summed E-state index contributed by atoms with van der Waals surface area (Å²) in [7, 11) is 1.51. The summed E-state index contributed by atoms with van der Waals surface area (Å²) in [5.74, 6) is 2.99. The maximum Gasteiger partial charge on any atom is 0.165 e. The molecule has 1 aromatic rings. The Hall–Kier alpha value is -1.31. The number of benzene rings is 1. The number of allylic oxidation sites excluding steroid dienone is 2. The van der Waals surface area contributed by atoms with Crippen molar-refractivity contribution in [2.75, 3.05) is 7.11 Å². The smallest absolute Gasteiger partial charge is 0.165 e.